The molecule has 2 aromatic rings. The molecule has 4 bridgehead atoms. The molecule has 0 spiro atoms. The lowest BCUT2D eigenvalue weighted by molar-refractivity contribution is -0.187. The van der Waals surface area contributed by atoms with Crippen LogP contribution >= 0.6 is 11.6 Å². The first-order valence-corrected chi connectivity index (χ1v) is 31.1. The molecule has 2 aromatic carbocycles. The number of nitrogens with one attached hydrogen (secondary N) is 2. The van der Waals surface area contributed by atoms with Gasteiger partial charge < -0.3 is 59.7 Å². The van der Waals surface area contributed by atoms with E-state index < -0.39 is 102 Å². The van der Waals surface area contributed by atoms with Crippen LogP contribution in [-0.4, -0.2) is 152 Å². The Hall–Kier alpha value is -6.68. The molecule has 3 heterocycles. The van der Waals surface area contributed by atoms with Crippen molar-refractivity contribution < 1.29 is 76.7 Å². The van der Waals surface area contributed by atoms with E-state index in [1.807, 2.05) is 33.8 Å². The molecule has 1 unspecified atom stereocenters. The monoisotopic (exact) mass is 1250 g/mol. The van der Waals surface area contributed by atoms with Crippen LogP contribution in [-0.2, 0) is 70.1 Å². The molecule has 0 aromatic heterocycles. The lowest BCUT2D eigenvalue weighted by Gasteiger charge is -2.41. The lowest BCUT2D eigenvalue weighted by Crippen LogP contribution is -2.53. The van der Waals surface area contributed by atoms with Gasteiger partial charge in [-0.15, -0.1) is 0 Å². The molecule has 22 heteroatoms. The molecule has 5 amide bonds. The highest BCUT2D eigenvalue weighted by Gasteiger charge is 2.64. The van der Waals surface area contributed by atoms with Crippen molar-refractivity contribution in [3.8, 4) is 5.75 Å². The Bertz CT molecular complexity index is 2960. The number of benzene rings is 2. The maximum atomic E-state index is 14.5. The van der Waals surface area contributed by atoms with Crippen LogP contribution in [0.1, 0.15) is 159 Å². The minimum absolute atomic E-state index is 0.00936. The Morgan fingerprint density at radius 2 is 1.70 bits per heavy atom. The Kier molecular flexibility index (Phi) is 24.9. The minimum Gasteiger partial charge on any atom is -0.495 e. The first-order chi connectivity index (χ1) is 41.5. The number of fused-ring (bicyclic) bond motifs is 5. The molecule has 5 N–H and O–H groups in total. The lowest BCUT2D eigenvalue weighted by atomic mass is 9.78. The highest BCUT2D eigenvalue weighted by molar-refractivity contribution is 6.35. The van der Waals surface area contributed by atoms with Gasteiger partial charge in [0.25, 0.3) is 5.91 Å². The summed E-state index contributed by atoms with van der Waals surface area (Å²) in [6.07, 6.45) is 6.11. The maximum absolute atomic E-state index is 14.5. The molecule has 3 fully saturated rings. The van der Waals surface area contributed by atoms with Crippen LogP contribution in [0, 0.1) is 30.6 Å². The average molecular weight is 1250 g/mol. The zero-order valence-corrected chi connectivity index (χ0v) is 54.0. The van der Waals surface area contributed by atoms with E-state index in [0.29, 0.717) is 54.7 Å². The number of carbonyl (C=O) groups excluding carboxylic acids is 9. The predicted octanol–water partition coefficient (Wildman–Crippen LogP) is 7.95. The second-order valence-corrected chi connectivity index (χ2v) is 25.5. The molecule has 1 saturated carbocycles. The van der Waals surface area contributed by atoms with E-state index in [2.05, 4.69) is 10.6 Å². The molecular weight excluding hydrogens is 1150 g/mol. The summed E-state index contributed by atoms with van der Waals surface area (Å²) < 4.78 is 35.4. The summed E-state index contributed by atoms with van der Waals surface area (Å²) in [6, 6.07) is 5.34. The van der Waals surface area contributed by atoms with Crippen LogP contribution in [0.15, 0.2) is 54.1 Å². The summed E-state index contributed by atoms with van der Waals surface area (Å²) in [6.45, 7) is 14.3. The number of unbranched alkanes of at least 4 members (excludes halogenated alkanes) is 1. The van der Waals surface area contributed by atoms with Gasteiger partial charge in [0.05, 0.1) is 49.8 Å². The zero-order chi connectivity index (χ0) is 64.9. The van der Waals surface area contributed by atoms with Crippen molar-refractivity contribution >= 4 is 70.5 Å². The predicted molar refractivity (Wildman–Crippen MR) is 329 cm³/mol. The second kappa shape index (κ2) is 31.2. The fourth-order valence-electron chi connectivity index (χ4n) is 11.8. The van der Waals surface area contributed by atoms with E-state index in [0.717, 1.165) is 30.4 Å². The molecule has 0 radical (unpaired) electrons. The highest BCUT2D eigenvalue weighted by atomic mass is 35.5. The van der Waals surface area contributed by atoms with Gasteiger partial charge >= 0.3 is 23.9 Å². The van der Waals surface area contributed by atoms with E-state index in [4.69, 9.17) is 45.8 Å². The van der Waals surface area contributed by atoms with Crippen LogP contribution in [0.2, 0.25) is 5.02 Å². The largest absolute Gasteiger partial charge is 0.495 e. The van der Waals surface area contributed by atoms with Crippen molar-refractivity contribution in [2.24, 2.45) is 29.4 Å². The molecule has 4 aliphatic rings. The van der Waals surface area contributed by atoms with Gasteiger partial charge in [0.1, 0.15) is 52.1 Å². The third-order valence-electron chi connectivity index (χ3n) is 18.0. The Labute approximate surface area is 522 Å². The Morgan fingerprint density at radius 3 is 2.34 bits per heavy atom. The van der Waals surface area contributed by atoms with Crippen molar-refractivity contribution in [3.05, 3.63) is 81.4 Å². The van der Waals surface area contributed by atoms with Gasteiger partial charge in [-0.1, -0.05) is 68.7 Å². The molecular formula is C66H92ClN5O16. The molecule has 2 saturated heterocycles. The molecule has 11 atom stereocenters. The standard InChI is InChI=1S/C66H92ClN5O16/c1-37(2)48(33-47(73)22-14-13-19-40(5)85-63(80)44-20-16-21-44)60(77)70-49(23-17-27-69-64(68)81)51(74)32-45-25-26-46(29-39(45)4)61(78)71(9)42(7)62(79)87-55-34-56(75)72(10)50-30-43(31-52(83-11)58(50)67)28-38(3)18-15-24-54(84-12)66(82)35-53(86-57(76)36-66)41(6)59-65(55,8)88-59/h15,18,24-26,29-31,37,40-42,44,48-49,53-55,59,82H,13-14,16-17,19-23,27-28,32-36H2,1-12H3,(H,70,77)(H3,68,69,81)/b24-15+,38-18+/t40?,41-,42+,48+,49+,53+,54-,55+,59+,65+,66-/m1/s1. The summed E-state index contributed by atoms with van der Waals surface area (Å²) in [7, 11) is 5.89. The number of nitrogens with zero attached hydrogens (tertiary/aromatic N) is 2. The second-order valence-electron chi connectivity index (χ2n) is 25.1. The number of ether oxygens (including phenoxy) is 6. The molecule has 21 nitrogen and oxygen atoms in total. The van der Waals surface area contributed by atoms with E-state index in [1.165, 1.54) is 44.1 Å². The number of carbonyl (C=O) groups is 9. The van der Waals surface area contributed by atoms with Crippen LogP contribution in [0.25, 0.3) is 0 Å². The molecule has 6 rings (SSSR count). The number of likely N-dealkylation sites (N-methyl/N-ethyl adjacent to an activating group) is 1. The SMILES string of the molecule is COc1cc2cc(c1Cl)N(C)C(=O)C[C@H](OC(=O)[C@H](C)N(C)C(=O)c1ccc(CC(=O)[C@H](CCCNC(N)=O)NC(=O)[C@@H](CC(=O)CCCCC(C)OC(=O)C3CCC3)C(C)C)c(C)c1)[C@]1(C)O[C@H]1[C@H](C)[C@@H]1C[C@@](O)(CC(=O)O1)[C@H](OC)/C=C/C=C(\C)C2. The van der Waals surface area contributed by atoms with Gasteiger partial charge in [0, 0.05) is 70.8 Å². The highest BCUT2D eigenvalue weighted by Crippen LogP contribution is 2.50. The van der Waals surface area contributed by atoms with Crippen LogP contribution < -0.4 is 26.0 Å². The number of primary amides is 1. The number of hydrogen-bond acceptors (Lipinski definition) is 16. The number of aryl methyl sites for hydroxylation is 1. The number of hydrogen-bond donors (Lipinski definition) is 4. The van der Waals surface area contributed by atoms with Gasteiger partial charge in [-0.2, -0.15) is 0 Å². The Morgan fingerprint density at radius 1 is 0.989 bits per heavy atom. The van der Waals surface area contributed by atoms with Gasteiger partial charge in [0.15, 0.2) is 5.78 Å². The number of aliphatic hydroxyl groups is 1. The van der Waals surface area contributed by atoms with Gasteiger partial charge in [-0.05, 0) is 133 Å². The minimum atomic E-state index is -1.66. The number of allylic oxidation sites excluding steroid dienone is 3. The maximum Gasteiger partial charge on any atom is 0.328 e. The molecule has 484 valence electrons. The van der Waals surface area contributed by atoms with Crippen molar-refractivity contribution in [1.29, 1.82) is 0 Å². The summed E-state index contributed by atoms with van der Waals surface area (Å²) in [5.41, 5.74) is 5.63. The number of anilines is 1. The number of amides is 5. The van der Waals surface area contributed by atoms with Crippen molar-refractivity contribution in [2.75, 3.05) is 39.8 Å². The van der Waals surface area contributed by atoms with Crippen LogP contribution in [0.4, 0.5) is 10.5 Å². The van der Waals surface area contributed by atoms with E-state index >= 15 is 0 Å². The topological polar surface area (TPSA) is 289 Å². The number of urea groups is 1. The van der Waals surface area contributed by atoms with E-state index in [-0.39, 0.29) is 91.1 Å². The summed E-state index contributed by atoms with van der Waals surface area (Å²) in [4.78, 5) is 124. The average Bonchev–Trinajstić information content (AvgIpc) is 1.64. The Balaban J connectivity index is 1.15. The molecule has 1 aliphatic carbocycles. The van der Waals surface area contributed by atoms with E-state index in [1.54, 1.807) is 64.2 Å². The van der Waals surface area contributed by atoms with Crippen LogP contribution in [0.5, 0.6) is 5.75 Å². The van der Waals surface area contributed by atoms with Crippen LogP contribution in [0.3, 0.4) is 0 Å². The third-order valence-corrected chi connectivity index (χ3v) is 18.4. The van der Waals surface area contributed by atoms with Gasteiger partial charge in [0.2, 0.25) is 11.8 Å². The summed E-state index contributed by atoms with van der Waals surface area (Å²) in [5.74, 6) is -4.85. The van der Waals surface area contributed by atoms with Gasteiger partial charge in [-0.25, -0.2) is 9.59 Å². The first kappa shape index (κ1) is 70.4. The quantitative estimate of drug-likeness (QED) is 0.0317. The smallest absolute Gasteiger partial charge is 0.328 e. The van der Waals surface area contributed by atoms with Crippen molar-refractivity contribution in [3.63, 3.8) is 0 Å². The summed E-state index contributed by atoms with van der Waals surface area (Å²) >= 11 is 6.87. The number of methoxy groups -OCH3 is 2. The number of halogens is 1. The number of ketones is 2. The number of Topliss-reactive ketones (excluding diaryl/α,β-unsaturated/α-hetero) is 2. The fraction of sp³-hybridized carbons (Fsp3) is 0.621. The number of epoxide rings is 1. The van der Waals surface area contributed by atoms with Gasteiger partial charge in [-0.3, -0.25) is 33.6 Å². The van der Waals surface area contributed by atoms with Crippen molar-refractivity contribution in [1.82, 2.24) is 15.5 Å². The normalized spacial score (nSPS) is 25.4. The number of esters is 3. The number of nitrogens with two attached hydrogens (primary N) is 1. The van der Waals surface area contributed by atoms with Crippen molar-refractivity contribution in [2.45, 2.75) is 206 Å². The molecule has 88 heavy (non-hydrogen) atoms. The zero-order valence-electron chi connectivity index (χ0n) is 53.2. The fourth-order valence-corrected chi connectivity index (χ4v) is 12.1. The molecule has 3 aliphatic heterocycles. The summed E-state index contributed by atoms with van der Waals surface area (Å²) in [5, 5.41) is 17.6. The first-order valence-electron chi connectivity index (χ1n) is 30.8. The number of rotatable bonds is 25. The van der Waals surface area contributed by atoms with E-state index in [9.17, 15) is 48.3 Å². The third kappa shape index (κ3) is 18.2.